The molecule has 1 rings (SSSR count). The predicted octanol–water partition coefficient (Wildman–Crippen LogP) is 3.95. The van der Waals surface area contributed by atoms with Crippen molar-refractivity contribution < 1.29 is 0 Å². The van der Waals surface area contributed by atoms with Crippen LogP contribution in [0.2, 0.25) is 0 Å². The average Bonchev–Trinajstić information content (AvgIpc) is 2.75. The minimum absolute atomic E-state index is 0.604. The summed E-state index contributed by atoms with van der Waals surface area (Å²) in [7, 11) is 0. The molecule has 0 spiro atoms. The fourth-order valence-corrected chi connectivity index (χ4v) is 2.46. The fourth-order valence-electron chi connectivity index (χ4n) is 1.73. The first-order valence-corrected chi connectivity index (χ1v) is 7.23. The monoisotopic (exact) mass is 239 g/mol. The first-order valence-electron chi connectivity index (χ1n) is 6.35. The van der Waals surface area contributed by atoms with Crippen LogP contribution in [-0.2, 0) is 6.42 Å². The number of hydrogen-bond donors (Lipinski definition) is 1. The van der Waals surface area contributed by atoms with Crippen molar-refractivity contribution in [3.63, 3.8) is 0 Å². The Balaban J connectivity index is 2.20. The second-order valence-corrected chi connectivity index (χ2v) is 6.17. The van der Waals surface area contributed by atoms with E-state index in [-0.39, 0.29) is 0 Å². The molecule has 0 saturated carbocycles. The van der Waals surface area contributed by atoms with Crippen molar-refractivity contribution in [3.05, 3.63) is 22.4 Å². The molecule has 0 fully saturated rings. The first-order chi connectivity index (χ1) is 7.59. The van der Waals surface area contributed by atoms with Gasteiger partial charge >= 0.3 is 0 Å². The van der Waals surface area contributed by atoms with Gasteiger partial charge in [0.05, 0.1) is 0 Å². The lowest BCUT2D eigenvalue weighted by Crippen LogP contribution is -2.30. The molecule has 1 aromatic rings. The van der Waals surface area contributed by atoms with Gasteiger partial charge in [0.25, 0.3) is 0 Å². The highest BCUT2D eigenvalue weighted by Gasteiger charge is 2.12. The number of hydrogen-bond acceptors (Lipinski definition) is 2. The summed E-state index contributed by atoms with van der Waals surface area (Å²) in [6.07, 6.45) is 2.55. The Labute approximate surface area is 104 Å². The second-order valence-electron chi connectivity index (χ2n) is 5.14. The van der Waals surface area contributed by atoms with E-state index >= 15 is 0 Å². The van der Waals surface area contributed by atoms with Gasteiger partial charge in [-0.2, -0.15) is 0 Å². The first kappa shape index (κ1) is 13.7. The lowest BCUT2D eigenvalue weighted by molar-refractivity contribution is 0.339. The Morgan fingerprint density at radius 3 is 2.50 bits per heavy atom. The topological polar surface area (TPSA) is 12.0 Å². The van der Waals surface area contributed by atoms with E-state index in [1.54, 1.807) is 0 Å². The third-order valence-corrected chi connectivity index (χ3v) is 4.18. The molecule has 0 aliphatic rings. The molecule has 0 radical (unpaired) electrons. The normalized spacial score (nSPS) is 15.3. The third-order valence-electron chi connectivity index (χ3n) is 3.25. The van der Waals surface area contributed by atoms with Gasteiger partial charge in [0.2, 0.25) is 0 Å². The molecule has 92 valence electrons. The summed E-state index contributed by atoms with van der Waals surface area (Å²) in [5, 5.41) is 5.69. The fraction of sp³-hybridized carbons (Fsp3) is 0.714. The Bertz CT molecular complexity index is 266. The predicted molar refractivity (Wildman–Crippen MR) is 74.1 cm³/mol. The van der Waals surface area contributed by atoms with Crippen molar-refractivity contribution in [1.82, 2.24) is 5.32 Å². The highest BCUT2D eigenvalue weighted by Crippen LogP contribution is 2.19. The van der Waals surface area contributed by atoms with Crippen LogP contribution in [0.4, 0.5) is 0 Å². The molecule has 1 nitrogen and oxygen atoms in total. The van der Waals surface area contributed by atoms with Crippen LogP contribution in [0.1, 0.15) is 39.0 Å². The van der Waals surface area contributed by atoms with E-state index in [0.29, 0.717) is 6.04 Å². The zero-order chi connectivity index (χ0) is 12.0. The molecule has 0 aliphatic carbocycles. The Morgan fingerprint density at radius 1 is 1.19 bits per heavy atom. The van der Waals surface area contributed by atoms with E-state index in [1.807, 2.05) is 11.3 Å². The Kier molecular flexibility index (Phi) is 6.07. The molecular formula is C14H25NS. The number of nitrogens with one attached hydrogen (secondary N) is 1. The summed E-state index contributed by atoms with van der Waals surface area (Å²) in [5.74, 6) is 1.57. The van der Waals surface area contributed by atoms with E-state index in [9.17, 15) is 0 Å². The van der Waals surface area contributed by atoms with Gasteiger partial charge < -0.3 is 5.32 Å². The molecule has 0 bridgehead atoms. The van der Waals surface area contributed by atoms with Gasteiger partial charge in [-0.05, 0) is 42.7 Å². The van der Waals surface area contributed by atoms with Crippen LogP contribution < -0.4 is 5.32 Å². The highest BCUT2D eigenvalue weighted by atomic mass is 32.1. The quantitative estimate of drug-likeness (QED) is 0.759. The number of aryl methyl sites for hydroxylation is 1. The van der Waals surface area contributed by atoms with E-state index < -0.39 is 0 Å². The van der Waals surface area contributed by atoms with Crippen LogP contribution >= 0.6 is 11.3 Å². The summed E-state index contributed by atoms with van der Waals surface area (Å²) >= 11 is 1.88. The zero-order valence-corrected chi connectivity index (χ0v) is 11.8. The molecule has 0 amide bonds. The third kappa shape index (κ3) is 5.13. The molecule has 2 unspecified atom stereocenters. The van der Waals surface area contributed by atoms with Crippen molar-refractivity contribution in [2.75, 3.05) is 6.54 Å². The van der Waals surface area contributed by atoms with Crippen LogP contribution in [0.15, 0.2) is 17.5 Å². The molecule has 0 saturated heterocycles. The second kappa shape index (κ2) is 7.08. The van der Waals surface area contributed by atoms with Gasteiger partial charge in [0.15, 0.2) is 0 Å². The summed E-state index contributed by atoms with van der Waals surface area (Å²) in [4.78, 5) is 1.52. The van der Waals surface area contributed by atoms with E-state index in [0.717, 1.165) is 18.4 Å². The average molecular weight is 239 g/mol. The maximum atomic E-state index is 3.52. The summed E-state index contributed by atoms with van der Waals surface area (Å²) in [6.45, 7) is 10.3. The Hall–Kier alpha value is -0.340. The van der Waals surface area contributed by atoms with Gasteiger partial charge in [0, 0.05) is 10.9 Å². The van der Waals surface area contributed by atoms with Gasteiger partial charge in [-0.3, -0.25) is 0 Å². The number of rotatable bonds is 7. The van der Waals surface area contributed by atoms with Gasteiger partial charge in [0.1, 0.15) is 0 Å². The molecule has 1 N–H and O–H groups in total. The van der Waals surface area contributed by atoms with Crippen molar-refractivity contribution in [2.24, 2.45) is 11.8 Å². The van der Waals surface area contributed by atoms with Crippen LogP contribution in [-0.4, -0.2) is 12.6 Å². The van der Waals surface area contributed by atoms with Crippen LogP contribution in [0.3, 0.4) is 0 Å². The van der Waals surface area contributed by atoms with Crippen molar-refractivity contribution >= 4 is 11.3 Å². The Morgan fingerprint density at radius 2 is 1.94 bits per heavy atom. The van der Waals surface area contributed by atoms with E-state index in [4.69, 9.17) is 0 Å². The molecule has 0 aromatic carbocycles. The van der Waals surface area contributed by atoms with Crippen LogP contribution in [0, 0.1) is 11.8 Å². The highest BCUT2D eigenvalue weighted by molar-refractivity contribution is 7.09. The largest absolute Gasteiger partial charge is 0.314 e. The summed E-state index contributed by atoms with van der Waals surface area (Å²) < 4.78 is 0. The molecule has 2 atom stereocenters. The van der Waals surface area contributed by atoms with Gasteiger partial charge in [-0.1, -0.05) is 33.8 Å². The number of thiophene rings is 1. The molecule has 1 aromatic heterocycles. The smallest absolute Gasteiger partial charge is 0.00453 e. The maximum absolute atomic E-state index is 3.52. The van der Waals surface area contributed by atoms with E-state index in [1.165, 1.54) is 17.7 Å². The van der Waals surface area contributed by atoms with E-state index in [2.05, 4.69) is 50.5 Å². The lowest BCUT2D eigenvalue weighted by atomic mass is 9.91. The van der Waals surface area contributed by atoms with Crippen molar-refractivity contribution in [3.8, 4) is 0 Å². The zero-order valence-electron chi connectivity index (χ0n) is 11.0. The maximum Gasteiger partial charge on any atom is 0.00453 e. The van der Waals surface area contributed by atoms with Gasteiger partial charge in [-0.15, -0.1) is 11.3 Å². The molecule has 1 heterocycles. The lowest BCUT2D eigenvalue weighted by Gasteiger charge is -2.21. The van der Waals surface area contributed by atoms with Crippen molar-refractivity contribution in [2.45, 2.75) is 46.6 Å². The minimum atomic E-state index is 0.604. The van der Waals surface area contributed by atoms with Crippen molar-refractivity contribution in [1.29, 1.82) is 0 Å². The van der Waals surface area contributed by atoms with Gasteiger partial charge in [-0.25, -0.2) is 0 Å². The SMILES string of the molecule is CC(C)NCC(C)C(C)CCc1cccs1. The van der Waals surface area contributed by atoms with Crippen LogP contribution in [0.25, 0.3) is 0 Å². The standard InChI is InChI=1S/C14H25NS/c1-11(2)15-10-13(4)12(3)7-8-14-6-5-9-16-14/h5-6,9,11-13,15H,7-8,10H2,1-4H3. The molecule has 16 heavy (non-hydrogen) atoms. The minimum Gasteiger partial charge on any atom is -0.314 e. The summed E-state index contributed by atoms with van der Waals surface area (Å²) in [6, 6.07) is 5.00. The molecule has 2 heteroatoms. The molecule has 0 aliphatic heterocycles. The van der Waals surface area contributed by atoms with Crippen LogP contribution in [0.5, 0.6) is 0 Å². The summed E-state index contributed by atoms with van der Waals surface area (Å²) in [5.41, 5.74) is 0. The molecular weight excluding hydrogens is 214 g/mol.